The van der Waals surface area contributed by atoms with Gasteiger partial charge in [-0.3, -0.25) is 0 Å². The van der Waals surface area contributed by atoms with E-state index in [4.69, 9.17) is 21.4 Å². The van der Waals surface area contributed by atoms with Gasteiger partial charge in [0.2, 0.25) is 0 Å². The number of thiocarbonyl (C=S) groups is 1. The van der Waals surface area contributed by atoms with E-state index >= 15 is 0 Å². The van der Waals surface area contributed by atoms with E-state index in [9.17, 15) is 4.79 Å². The van der Waals surface area contributed by atoms with Gasteiger partial charge in [-0.2, -0.15) is 0 Å². The molecule has 2 heterocycles. The number of ether oxygens (including phenoxy) is 1. The van der Waals surface area contributed by atoms with Crippen molar-refractivity contribution in [3.63, 3.8) is 0 Å². The number of carbonyl (C=O) groups excluding carboxylic acids is 1. The fourth-order valence-corrected chi connectivity index (χ4v) is 2.25. The lowest BCUT2D eigenvalue weighted by molar-refractivity contribution is 0.0918. The predicted molar refractivity (Wildman–Crippen MR) is 78.3 cm³/mol. The van der Waals surface area contributed by atoms with E-state index in [-0.39, 0.29) is 6.09 Å². The molecule has 6 nitrogen and oxygen atoms in total. The average molecular weight is 297 g/mol. The molecule has 1 saturated heterocycles. The molecule has 2 rings (SSSR count). The van der Waals surface area contributed by atoms with E-state index in [0.29, 0.717) is 44.4 Å². The van der Waals surface area contributed by atoms with Gasteiger partial charge >= 0.3 is 6.09 Å². The SMILES string of the molecule is CCOC(=O)N1CCN(C(=S)NCc2ccco2)CC1. The Morgan fingerprint density at radius 3 is 2.70 bits per heavy atom. The molecule has 1 amide bonds. The number of hydrogen-bond acceptors (Lipinski definition) is 4. The van der Waals surface area contributed by atoms with Crippen LogP contribution in [0.4, 0.5) is 4.79 Å². The molecular formula is C13H19N3O3S. The normalized spacial score (nSPS) is 15.1. The lowest BCUT2D eigenvalue weighted by Crippen LogP contribution is -2.53. The number of piperazine rings is 1. The number of furan rings is 1. The number of rotatable bonds is 3. The van der Waals surface area contributed by atoms with Crippen molar-refractivity contribution in [2.45, 2.75) is 13.5 Å². The number of carbonyl (C=O) groups is 1. The Morgan fingerprint density at radius 2 is 2.10 bits per heavy atom. The molecule has 1 fully saturated rings. The molecule has 20 heavy (non-hydrogen) atoms. The Morgan fingerprint density at radius 1 is 1.40 bits per heavy atom. The summed E-state index contributed by atoms with van der Waals surface area (Å²) in [5.41, 5.74) is 0. The molecule has 110 valence electrons. The summed E-state index contributed by atoms with van der Waals surface area (Å²) in [4.78, 5) is 15.3. The first-order chi connectivity index (χ1) is 9.70. The highest BCUT2D eigenvalue weighted by Gasteiger charge is 2.23. The van der Waals surface area contributed by atoms with Gasteiger partial charge in [0, 0.05) is 26.2 Å². The third kappa shape index (κ3) is 3.86. The molecule has 0 saturated carbocycles. The molecule has 1 N–H and O–H groups in total. The second-order valence-electron chi connectivity index (χ2n) is 4.41. The molecule has 0 aromatic carbocycles. The van der Waals surface area contributed by atoms with E-state index in [0.717, 1.165) is 5.76 Å². The lowest BCUT2D eigenvalue weighted by atomic mass is 10.3. The molecule has 0 aliphatic carbocycles. The molecule has 1 aliphatic heterocycles. The molecule has 0 atom stereocenters. The van der Waals surface area contributed by atoms with E-state index in [1.807, 2.05) is 24.0 Å². The van der Waals surface area contributed by atoms with Crippen molar-refractivity contribution >= 4 is 23.4 Å². The fraction of sp³-hybridized carbons (Fsp3) is 0.538. The smallest absolute Gasteiger partial charge is 0.409 e. The zero-order valence-electron chi connectivity index (χ0n) is 11.5. The largest absolute Gasteiger partial charge is 0.467 e. The summed E-state index contributed by atoms with van der Waals surface area (Å²) in [5.74, 6) is 0.845. The van der Waals surface area contributed by atoms with Crippen LogP contribution < -0.4 is 5.32 Å². The first kappa shape index (κ1) is 14.6. The topological polar surface area (TPSA) is 58.0 Å². The van der Waals surface area contributed by atoms with Gasteiger partial charge in [0.25, 0.3) is 0 Å². The Kier molecular flexibility index (Phi) is 5.23. The molecule has 1 aromatic rings. The molecule has 0 spiro atoms. The van der Waals surface area contributed by atoms with Crippen LogP contribution in [0.2, 0.25) is 0 Å². The quantitative estimate of drug-likeness (QED) is 0.852. The highest BCUT2D eigenvalue weighted by Crippen LogP contribution is 2.05. The summed E-state index contributed by atoms with van der Waals surface area (Å²) in [6, 6.07) is 3.74. The van der Waals surface area contributed by atoms with Crippen molar-refractivity contribution in [2.75, 3.05) is 32.8 Å². The molecule has 1 aliphatic rings. The minimum Gasteiger partial charge on any atom is -0.467 e. The second kappa shape index (κ2) is 7.14. The van der Waals surface area contributed by atoms with Crippen molar-refractivity contribution in [3.8, 4) is 0 Å². The summed E-state index contributed by atoms with van der Waals surface area (Å²) in [7, 11) is 0. The molecule has 1 aromatic heterocycles. The minimum atomic E-state index is -0.249. The second-order valence-corrected chi connectivity index (χ2v) is 4.80. The maximum absolute atomic E-state index is 11.6. The Hall–Kier alpha value is -1.76. The monoisotopic (exact) mass is 297 g/mol. The third-order valence-electron chi connectivity index (χ3n) is 3.09. The van der Waals surface area contributed by atoms with Gasteiger partial charge in [0.05, 0.1) is 19.4 Å². The van der Waals surface area contributed by atoms with Gasteiger partial charge < -0.3 is 24.3 Å². The first-order valence-electron chi connectivity index (χ1n) is 6.67. The van der Waals surface area contributed by atoms with E-state index in [1.165, 1.54) is 0 Å². The third-order valence-corrected chi connectivity index (χ3v) is 3.49. The summed E-state index contributed by atoms with van der Waals surface area (Å²) < 4.78 is 10.2. The van der Waals surface area contributed by atoms with Gasteiger partial charge in [-0.05, 0) is 31.3 Å². The number of nitrogens with one attached hydrogen (secondary N) is 1. The van der Waals surface area contributed by atoms with Gasteiger partial charge in [0.1, 0.15) is 5.76 Å². The highest BCUT2D eigenvalue weighted by atomic mass is 32.1. The van der Waals surface area contributed by atoms with Crippen LogP contribution in [0, 0.1) is 0 Å². The van der Waals surface area contributed by atoms with Crippen LogP contribution in [0.5, 0.6) is 0 Å². The molecule has 0 radical (unpaired) electrons. The van der Waals surface area contributed by atoms with Crippen molar-refractivity contribution in [3.05, 3.63) is 24.2 Å². The summed E-state index contributed by atoms with van der Waals surface area (Å²) >= 11 is 5.34. The molecule has 0 bridgehead atoms. The summed E-state index contributed by atoms with van der Waals surface area (Å²) in [5, 5.41) is 3.84. The fourth-order valence-electron chi connectivity index (χ4n) is 1.99. The zero-order chi connectivity index (χ0) is 14.4. The average Bonchev–Trinajstić information content (AvgIpc) is 2.98. The van der Waals surface area contributed by atoms with Crippen molar-refractivity contribution in [1.82, 2.24) is 15.1 Å². The summed E-state index contributed by atoms with van der Waals surface area (Å²) in [6.45, 7) is 5.46. The summed E-state index contributed by atoms with van der Waals surface area (Å²) in [6.07, 6.45) is 1.39. The first-order valence-corrected chi connectivity index (χ1v) is 7.08. The molecule has 7 heteroatoms. The molecule has 0 unspecified atom stereocenters. The van der Waals surface area contributed by atoms with E-state index < -0.39 is 0 Å². The van der Waals surface area contributed by atoms with Gasteiger partial charge in [-0.15, -0.1) is 0 Å². The van der Waals surface area contributed by atoms with Crippen LogP contribution in [-0.4, -0.2) is 53.8 Å². The van der Waals surface area contributed by atoms with E-state index in [1.54, 1.807) is 11.2 Å². The van der Waals surface area contributed by atoms with Gasteiger partial charge in [-0.1, -0.05) is 0 Å². The van der Waals surface area contributed by atoms with Gasteiger partial charge in [0.15, 0.2) is 5.11 Å². The number of amides is 1. The predicted octanol–water partition coefficient (Wildman–Crippen LogP) is 1.43. The maximum atomic E-state index is 11.6. The van der Waals surface area contributed by atoms with Gasteiger partial charge in [-0.25, -0.2) is 4.79 Å². The standard InChI is InChI=1S/C13H19N3O3S/c1-2-18-13(17)16-7-5-15(6-8-16)12(20)14-10-11-4-3-9-19-11/h3-4,9H,2,5-8,10H2,1H3,(H,14,20). The Balaban J connectivity index is 1.73. The number of nitrogens with zero attached hydrogens (tertiary/aromatic N) is 2. The van der Waals surface area contributed by atoms with E-state index in [2.05, 4.69) is 5.32 Å². The van der Waals surface area contributed by atoms with Crippen LogP contribution in [-0.2, 0) is 11.3 Å². The van der Waals surface area contributed by atoms with Crippen molar-refractivity contribution in [2.24, 2.45) is 0 Å². The van der Waals surface area contributed by atoms with Crippen molar-refractivity contribution < 1.29 is 13.9 Å². The van der Waals surface area contributed by atoms with Crippen LogP contribution in [0.1, 0.15) is 12.7 Å². The Labute approximate surface area is 123 Å². The molecular weight excluding hydrogens is 278 g/mol. The maximum Gasteiger partial charge on any atom is 0.409 e. The van der Waals surface area contributed by atoms with Crippen LogP contribution in [0.15, 0.2) is 22.8 Å². The van der Waals surface area contributed by atoms with Crippen LogP contribution in [0.25, 0.3) is 0 Å². The van der Waals surface area contributed by atoms with Crippen molar-refractivity contribution in [1.29, 1.82) is 0 Å². The zero-order valence-corrected chi connectivity index (χ0v) is 12.3. The van der Waals surface area contributed by atoms with Crippen LogP contribution in [0.3, 0.4) is 0 Å². The highest BCUT2D eigenvalue weighted by molar-refractivity contribution is 7.80. The Bertz CT molecular complexity index is 442. The number of hydrogen-bond donors (Lipinski definition) is 1. The minimum absolute atomic E-state index is 0.249. The van der Waals surface area contributed by atoms with Crippen LogP contribution >= 0.6 is 12.2 Å². The lowest BCUT2D eigenvalue weighted by Gasteiger charge is -2.35.